The largest absolute Gasteiger partial charge is 0.379 e. The summed E-state index contributed by atoms with van der Waals surface area (Å²) in [5.74, 6) is 0.329. The van der Waals surface area contributed by atoms with Gasteiger partial charge in [-0.05, 0) is 37.1 Å². The molecule has 0 N–H and O–H groups in total. The maximum atomic E-state index is 12.7. The van der Waals surface area contributed by atoms with Gasteiger partial charge in [0.05, 0.1) is 5.52 Å². The Morgan fingerprint density at radius 1 is 0.909 bits per heavy atom. The second-order valence-electron chi connectivity index (χ2n) is 5.09. The van der Waals surface area contributed by atoms with Crippen LogP contribution in [0.15, 0.2) is 59.6 Å². The molecule has 3 aromatic rings. The summed E-state index contributed by atoms with van der Waals surface area (Å²) in [6.45, 7) is 3.54. The van der Waals surface area contributed by atoms with E-state index in [1.54, 1.807) is 50.4 Å². The van der Waals surface area contributed by atoms with E-state index in [-0.39, 0.29) is 4.90 Å². The Morgan fingerprint density at radius 2 is 1.68 bits per heavy atom. The van der Waals surface area contributed by atoms with Gasteiger partial charge < -0.3 is 4.18 Å². The molecule has 0 unspecified atom stereocenters. The van der Waals surface area contributed by atoms with Crippen LogP contribution in [-0.4, -0.2) is 13.4 Å². The lowest BCUT2D eigenvalue weighted by atomic mass is 10.1. The van der Waals surface area contributed by atoms with Gasteiger partial charge in [-0.15, -0.1) is 0 Å². The highest BCUT2D eigenvalue weighted by Gasteiger charge is 2.23. The molecule has 4 nitrogen and oxygen atoms in total. The molecule has 0 amide bonds. The molecule has 0 aliphatic rings. The van der Waals surface area contributed by atoms with Crippen molar-refractivity contribution in [3.8, 4) is 5.75 Å². The number of aromatic nitrogens is 1. The third-order valence-electron chi connectivity index (χ3n) is 3.47. The van der Waals surface area contributed by atoms with Gasteiger partial charge >= 0.3 is 10.1 Å². The number of rotatable bonds is 3. The van der Waals surface area contributed by atoms with Crippen molar-refractivity contribution in [3.63, 3.8) is 0 Å². The standard InChI is InChI=1S/C17H15NO3S/c1-12-6-3-4-8-15(12)21-22(19,20)17-13(2)9-10-14-7-5-11-18-16(14)17/h3-11H,1-2H3. The van der Waals surface area contributed by atoms with Gasteiger partial charge in [-0.3, -0.25) is 4.98 Å². The van der Waals surface area contributed by atoms with Gasteiger partial charge in [-0.2, -0.15) is 8.42 Å². The normalized spacial score (nSPS) is 11.5. The van der Waals surface area contributed by atoms with Crippen LogP contribution in [0.5, 0.6) is 5.75 Å². The van der Waals surface area contributed by atoms with Crippen molar-refractivity contribution in [3.05, 3.63) is 65.9 Å². The van der Waals surface area contributed by atoms with Crippen LogP contribution in [0.4, 0.5) is 0 Å². The van der Waals surface area contributed by atoms with E-state index in [1.807, 2.05) is 18.2 Å². The molecule has 0 spiro atoms. The SMILES string of the molecule is Cc1ccccc1OS(=O)(=O)c1c(C)ccc2cccnc12. The molecule has 0 bridgehead atoms. The average molecular weight is 313 g/mol. The van der Waals surface area contributed by atoms with Crippen LogP contribution in [0.3, 0.4) is 0 Å². The zero-order valence-electron chi connectivity index (χ0n) is 12.3. The molecule has 3 rings (SSSR count). The topological polar surface area (TPSA) is 56.3 Å². The molecule has 0 saturated heterocycles. The molecule has 1 aromatic heterocycles. The van der Waals surface area contributed by atoms with Crippen LogP contribution in [0, 0.1) is 13.8 Å². The number of benzene rings is 2. The van der Waals surface area contributed by atoms with Crippen molar-refractivity contribution in [2.24, 2.45) is 0 Å². The number of fused-ring (bicyclic) bond motifs is 1. The number of hydrogen-bond donors (Lipinski definition) is 0. The minimum Gasteiger partial charge on any atom is -0.379 e. The Morgan fingerprint density at radius 3 is 2.45 bits per heavy atom. The van der Waals surface area contributed by atoms with Crippen molar-refractivity contribution in [1.82, 2.24) is 4.98 Å². The quantitative estimate of drug-likeness (QED) is 0.693. The first-order valence-corrected chi connectivity index (χ1v) is 8.24. The average Bonchev–Trinajstić information content (AvgIpc) is 2.49. The van der Waals surface area contributed by atoms with Gasteiger partial charge in [0.15, 0.2) is 0 Å². The maximum absolute atomic E-state index is 12.7. The first kappa shape index (κ1) is 14.5. The molecule has 22 heavy (non-hydrogen) atoms. The Labute approximate surface area is 129 Å². The lowest BCUT2D eigenvalue weighted by Gasteiger charge is -2.12. The molecule has 0 saturated carbocycles. The summed E-state index contributed by atoms with van der Waals surface area (Å²) < 4.78 is 30.8. The maximum Gasteiger partial charge on any atom is 0.341 e. The van der Waals surface area contributed by atoms with Crippen LogP contribution in [0.2, 0.25) is 0 Å². The summed E-state index contributed by atoms with van der Waals surface area (Å²) >= 11 is 0. The van der Waals surface area contributed by atoms with Crippen molar-refractivity contribution >= 4 is 21.0 Å². The van der Waals surface area contributed by atoms with Crippen LogP contribution < -0.4 is 4.18 Å². The summed E-state index contributed by atoms with van der Waals surface area (Å²) in [5.41, 5.74) is 1.80. The zero-order chi connectivity index (χ0) is 15.7. The van der Waals surface area contributed by atoms with Crippen LogP contribution >= 0.6 is 0 Å². The van der Waals surface area contributed by atoms with Gasteiger partial charge in [-0.25, -0.2) is 0 Å². The van der Waals surface area contributed by atoms with E-state index < -0.39 is 10.1 Å². The van der Waals surface area contributed by atoms with E-state index in [4.69, 9.17) is 4.18 Å². The Hall–Kier alpha value is -2.40. The second-order valence-corrected chi connectivity index (χ2v) is 6.57. The minimum atomic E-state index is -3.96. The van der Waals surface area contributed by atoms with Crippen molar-refractivity contribution in [1.29, 1.82) is 0 Å². The third-order valence-corrected chi connectivity index (χ3v) is 4.88. The summed E-state index contributed by atoms with van der Waals surface area (Å²) in [7, 11) is -3.96. The highest BCUT2D eigenvalue weighted by atomic mass is 32.2. The fourth-order valence-electron chi connectivity index (χ4n) is 2.34. The summed E-state index contributed by atoms with van der Waals surface area (Å²) in [6.07, 6.45) is 1.58. The number of para-hydroxylation sites is 1. The molecule has 0 radical (unpaired) electrons. The molecular formula is C17H15NO3S. The second kappa shape index (κ2) is 5.42. The monoisotopic (exact) mass is 313 g/mol. The number of hydrogen-bond acceptors (Lipinski definition) is 4. The van der Waals surface area contributed by atoms with Crippen LogP contribution in [0.1, 0.15) is 11.1 Å². The molecule has 2 aromatic carbocycles. The van der Waals surface area contributed by atoms with Gasteiger partial charge in [0.25, 0.3) is 0 Å². The lowest BCUT2D eigenvalue weighted by Crippen LogP contribution is -2.13. The van der Waals surface area contributed by atoms with E-state index in [0.29, 0.717) is 16.8 Å². The van der Waals surface area contributed by atoms with E-state index in [0.717, 1.165) is 10.9 Å². The summed E-state index contributed by atoms with van der Waals surface area (Å²) in [5, 5.41) is 0.764. The number of aryl methyl sites for hydroxylation is 2. The Bertz CT molecular complexity index is 949. The van der Waals surface area contributed by atoms with Crippen molar-refractivity contribution < 1.29 is 12.6 Å². The number of nitrogens with zero attached hydrogens (tertiary/aromatic N) is 1. The van der Waals surface area contributed by atoms with Crippen LogP contribution in [-0.2, 0) is 10.1 Å². The van der Waals surface area contributed by atoms with Crippen molar-refractivity contribution in [2.45, 2.75) is 18.7 Å². The van der Waals surface area contributed by atoms with Gasteiger partial charge in [0.1, 0.15) is 10.6 Å². The highest BCUT2D eigenvalue weighted by Crippen LogP contribution is 2.28. The van der Waals surface area contributed by atoms with E-state index in [1.165, 1.54) is 0 Å². The smallest absolute Gasteiger partial charge is 0.341 e. The Kier molecular flexibility index (Phi) is 3.58. The minimum absolute atomic E-state index is 0.119. The molecule has 112 valence electrons. The first-order chi connectivity index (χ1) is 10.5. The molecule has 1 heterocycles. The molecule has 0 aliphatic carbocycles. The zero-order valence-corrected chi connectivity index (χ0v) is 13.1. The number of pyridine rings is 1. The summed E-state index contributed by atoms with van der Waals surface area (Å²) in [4.78, 5) is 4.33. The molecule has 0 aliphatic heterocycles. The Balaban J connectivity index is 2.18. The van der Waals surface area contributed by atoms with E-state index in [9.17, 15) is 8.42 Å². The van der Waals surface area contributed by atoms with Gasteiger partial charge in [0, 0.05) is 11.6 Å². The predicted octanol–water partition coefficient (Wildman–Crippen LogP) is 3.62. The predicted molar refractivity (Wildman–Crippen MR) is 85.5 cm³/mol. The van der Waals surface area contributed by atoms with Crippen molar-refractivity contribution in [2.75, 3.05) is 0 Å². The fraction of sp³-hybridized carbons (Fsp3) is 0.118. The first-order valence-electron chi connectivity index (χ1n) is 6.83. The van der Waals surface area contributed by atoms with E-state index >= 15 is 0 Å². The third kappa shape index (κ3) is 2.55. The van der Waals surface area contributed by atoms with Gasteiger partial charge in [0.2, 0.25) is 0 Å². The fourth-order valence-corrected chi connectivity index (χ4v) is 3.72. The van der Waals surface area contributed by atoms with E-state index in [2.05, 4.69) is 4.98 Å². The molecule has 0 atom stereocenters. The summed E-state index contributed by atoms with van der Waals surface area (Å²) in [6, 6.07) is 14.2. The van der Waals surface area contributed by atoms with Gasteiger partial charge in [-0.1, -0.05) is 36.4 Å². The van der Waals surface area contributed by atoms with Crippen LogP contribution in [0.25, 0.3) is 10.9 Å². The molecular weight excluding hydrogens is 298 g/mol. The highest BCUT2D eigenvalue weighted by molar-refractivity contribution is 7.87. The molecule has 5 heteroatoms. The lowest BCUT2D eigenvalue weighted by molar-refractivity contribution is 0.484. The molecule has 0 fully saturated rings.